The van der Waals surface area contributed by atoms with Crippen LogP contribution in [0.1, 0.15) is 77.5 Å². The van der Waals surface area contributed by atoms with Crippen LogP contribution < -0.4 is 10.6 Å². The standard InChI is InChI=1S/C26H37F2N3O2/c1-6-7-8-17(2)31-21(13-18-11-19(27)14-20(28)12-18)22(32)15-30-26(9-10-26)24-29-16-23(33-24)25(3,4)5/h8,11-12,14,16,21-22,30-32H,6-7,9-10,13,15H2,1-5H3/b17-8+. The van der Waals surface area contributed by atoms with Gasteiger partial charge in [0.2, 0.25) is 5.89 Å². The van der Waals surface area contributed by atoms with Crippen LogP contribution in [0.3, 0.4) is 0 Å². The number of aliphatic hydroxyl groups is 1. The van der Waals surface area contributed by atoms with Crippen molar-refractivity contribution in [3.05, 3.63) is 65.0 Å². The first-order chi connectivity index (χ1) is 15.5. The van der Waals surface area contributed by atoms with E-state index in [9.17, 15) is 13.9 Å². The first kappa shape index (κ1) is 25.4. The van der Waals surface area contributed by atoms with E-state index in [1.807, 2.05) is 6.92 Å². The Hall–Kier alpha value is -2.25. The number of oxazole rings is 1. The van der Waals surface area contributed by atoms with Crippen molar-refractivity contribution in [3.8, 4) is 0 Å². The highest BCUT2D eigenvalue weighted by Crippen LogP contribution is 2.45. The number of aromatic nitrogens is 1. The van der Waals surface area contributed by atoms with Crippen LogP contribution in [0.15, 0.2) is 40.6 Å². The number of aliphatic hydroxyl groups excluding tert-OH is 1. The molecule has 1 fully saturated rings. The lowest BCUT2D eigenvalue weighted by Gasteiger charge is -2.27. The van der Waals surface area contributed by atoms with Crippen molar-refractivity contribution in [2.24, 2.45) is 0 Å². The third-order valence-electron chi connectivity index (χ3n) is 6.05. The molecule has 0 spiro atoms. The van der Waals surface area contributed by atoms with Gasteiger partial charge in [-0.15, -0.1) is 0 Å². The molecule has 1 aliphatic rings. The zero-order chi connectivity index (χ0) is 24.2. The normalized spacial score (nSPS) is 17.6. The van der Waals surface area contributed by atoms with E-state index in [4.69, 9.17) is 4.42 Å². The topological polar surface area (TPSA) is 70.3 Å². The number of nitrogens with zero attached hydrogens (tertiary/aromatic N) is 1. The summed E-state index contributed by atoms with van der Waals surface area (Å²) in [6.07, 6.45) is 7.03. The van der Waals surface area contributed by atoms with E-state index in [2.05, 4.69) is 49.4 Å². The zero-order valence-corrected chi connectivity index (χ0v) is 20.3. The third kappa shape index (κ3) is 6.87. The van der Waals surface area contributed by atoms with Crippen LogP contribution in [0.4, 0.5) is 8.78 Å². The molecule has 1 aromatic heterocycles. The van der Waals surface area contributed by atoms with Gasteiger partial charge in [-0.25, -0.2) is 13.8 Å². The highest BCUT2D eigenvalue weighted by Gasteiger charge is 2.49. The SMILES string of the molecule is CCC/C=C(\C)NC(Cc1cc(F)cc(F)c1)C(O)CNC1(c2ncc(C(C)(C)C)o2)CC1. The highest BCUT2D eigenvalue weighted by atomic mass is 19.1. The van der Waals surface area contributed by atoms with Gasteiger partial charge >= 0.3 is 0 Å². The Labute approximate surface area is 195 Å². The smallest absolute Gasteiger partial charge is 0.214 e. The van der Waals surface area contributed by atoms with Gasteiger partial charge in [0.1, 0.15) is 17.4 Å². The molecule has 0 bridgehead atoms. The lowest BCUT2D eigenvalue weighted by Crippen LogP contribution is -2.47. The summed E-state index contributed by atoms with van der Waals surface area (Å²) in [7, 11) is 0. The Morgan fingerprint density at radius 1 is 1.24 bits per heavy atom. The summed E-state index contributed by atoms with van der Waals surface area (Å²) < 4.78 is 33.5. The molecular weight excluding hydrogens is 424 g/mol. The maximum atomic E-state index is 13.7. The van der Waals surface area contributed by atoms with Crippen molar-refractivity contribution >= 4 is 0 Å². The van der Waals surface area contributed by atoms with Crippen molar-refractivity contribution in [3.63, 3.8) is 0 Å². The Kier molecular flexibility index (Phi) is 7.96. The van der Waals surface area contributed by atoms with Crippen molar-refractivity contribution in [2.45, 2.75) is 89.8 Å². The predicted octanol–water partition coefficient (Wildman–Crippen LogP) is 5.09. The van der Waals surface area contributed by atoms with Crippen molar-refractivity contribution < 1.29 is 18.3 Å². The predicted molar refractivity (Wildman–Crippen MR) is 126 cm³/mol. The van der Waals surface area contributed by atoms with E-state index >= 15 is 0 Å². The third-order valence-corrected chi connectivity index (χ3v) is 6.05. The quantitative estimate of drug-likeness (QED) is 0.435. The largest absolute Gasteiger partial charge is 0.443 e. The highest BCUT2D eigenvalue weighted by molar-refractivity contribution is 5.21. The van der Waals surface area contributed by atoms with Crippen LogP contribution in [-0.4, -0.2) is 28.8 Å². The van der Waals surface area contributed by atoms with Crippen molar-refractivity contribution in [1.29, 1.82) is 0 Å². The molecule has 3 N–H and O–H groups in total. The van der Waals surface area contributed by atoms with Crippen LogP contribution in [0.2, 0.25) is 0 Å². The molecule has 1 aromatic carbocycles. The van der Waals surface area contributed by atoms with Crippen molar-refractivity contribution in [2.75, 3.05) is 6.54 Å². The maximum Gasteiger partial charge on any atom is 0.214 e. The Morgan fingerprint density at radius 3 is 2.45 bits per heavy atom. The number of halogens is 2. The molecule has 0 amide bonds. The van der Waals surface area contributed by atoms with Gasteiger partial charge < -0.3 is 20.2 Å². The molecule has 3 rings (SSSR count). The lowest BCUT2D eigenvalue weighted by molar-refractivity contribution is 0.122. The number of hydrogen-bond acceptors (Lipinski definition) is 5. The van der Waals surface area contributed by atoms with Crippen LogP contribution in [0, 0.1) is 11.6 Å². The molecule has 0 saturated heterocycles. The number of unbranched alkanes of at least 4 members (excludes halogenated alkanes) is 1. The summed E-state index contributed by atoms with van der Waals surface area (Å²) in [5.41, 5.74) is 0.934. The summed E-state index contributed by atoms with van der Waals surface area (Å²) in [5.74, 6) is 0.237. The molecule has 5 nitrogen and oxygen atoms in total. The minimum Gasteiger partial charge on any atom is -0.443 e. The number of nitrogens with one attached hydrogen (secondary N) is 2. The fraction of sp³-hybridized carbons (Fsp3) is 0.577. The number of rotatable bonds is 11. The van der Waals surface area contributed by atoms with Gasteiger partial charge in [-0.3, -0.25) is 0 Å². The van der Waals surface area contributed by atoms with E-state index in [0.717, 1.165) is 43.2 Å². The Morgan fingerprint density at radius 2 is 1.91 bits per heavy atom. The average molecular weight is 462 g/mol. The molecule has 33 heavy (non-hydrogen) atoms. The summed E-state index contributed by atoms with van der Waals surface area (Å²) in [6, 6.07) is 3.06. The summed E-state index contributed by atoms with van der Waals surface area (Å²) in [5, 5.41) is 17.9. The van der Waals surface area contributed by atoms with Gasteiger partial charge in [0.05, 0.1) is 23.9 Å². The first-order valence-corrected chi connectivity index (χ1v) is 11.8. The minimum absolute atomic E-state index is 0.127. The van der Waals surface area contributed by atoms with Gasteiger partial charge in [0.15, 0.2) is 0 Å². The van der Waals surface area contributed by atoms with Gasteiger partial charge in [0, 0.05) is 23.7 Å². The minimum atomic E-state index is -0.796. The maximum absolute atomic E-state index is 13.7. The van der Waals surface area contributed by atoms with Crippen LogP contribution >= 0.6 is 0 Å². The van der Waals surface area contributed by atoms with Gasteiger partial charge in [0.25, 0.3) is 0 Å². The average Bonchev–Trinajstić information content (AvgIpc) is 3.33. The Bertz CT molecular complexity index is 940. The molecule has 2 unspecified atom stereocenters. The van der Waals surface area contributed by atoms with E-state index in [-0.39, 0.29) is 17.4 Å². The number of allylic oxidation sites excluding steroid dienone is 2. The molecule has 1 heterocycles. The first-order valence-electron chi connectivity index (χ1n) is 11.8. The second-order valence-corrected chi connectivity index (χ2v) is 10.2. The summed E-state index contributed by atoms with van der Waals surface area (Å²) in [4.78, 5) is 4.49. The van der Waals surface area contributed by atoms with Crippen molar-refractivity contribution in [1.82, 2.24) is 15.6 Å². The van der Waals surface area contributed by atoms with E-state index in [0.29, 0.717) is 18.0 Å². The van der Waals surface area contributed by atoms with Crippen LogP contribution in [-0.2, 0) is 17.4 Å². The fourth-order valence-corrected chi connectivity index (χ4v) is 3.85. The summed E-state index contributed by atoms with van der Waals surface area (Å²) in [6.45, 7) is 10.6. The number of benzene rings is 1. The van der Waals surface area contributed by atoms with E-state index in [1.165, 1.54) is 12.1 Å². The molecule has 1 saturated carbocycles. The van der Waals surface area contributed by atoms with Crippen LogP contribution in [0.25, 0.3) is 0 Å². The summed E-state index contributed by atoms with van der Waals surface area (Å²) >= 11 is 0. The number of hydrogen-bond donors (Lipinski definition) is 3. The molecule has 0 radical (unpaired) electrons. The fourth-order valence-electron chi connectivity index (χ4n) is 3.85. The molecular formula is C26H37F2N3O2. The lowest BCUT2D eigenvalue weighted by atomic mass is 9.94. The monoisotopic (exact) mass is 461 g/mol. The van der Waals surface area contributed by atoms with Gasteiger partial charge in [-0.05, 0) is 50.3 Å². The van der Waals surface area contributed by atoms with Gasteiger partial charge in [-0.1, -0.05) is 40.2 Å². The van der Waals surface area contributed by atoms with Crippen LogP contribution in [0.5, 0.6) is 0 Å². The second kappa shape index (κ2) is 10.3. The molecule has 1 aliphatic carbocycles. The molecule has 7 heteroatoms. The molecule has 182 valence electrons. The molecule has 2 atom stereocenters. The van der Waals surface area contributed by atoms with Gasteiger partial charge in [-0.2, -0.15) is 0 Å². The second-order valence-electron chi connectivity index (χ2n) is 10.2. The molecule has 0 aliphatic heterocycles. The van der Waals surface area contributed by atoms with E-state index < -0.39 is 23.8 Å². The zero-order valence-electron chi connectivity index (χ0n) is 20.3. The molecule has 2 aromatic rings. The Balaban J connectivity index is 1.71. The van der Waals surface area contributed by atoms with E-state index in [1.54, 1.807) is 6.20 Å².